The molecule has 0 fully saturated rings. The monoisotopic (exact) mass is 401 g/mol. The number of aliphatic imine (C=N–C) groups is 1. The summed E-state index contributed by atoms with van der Waals surface area (Å²) in [5.41, 5.74) is 3.45. The first-order chi connectivity index (χ1) is 14.7. The van der Waals surface area contributed by atoms with Crippen molar-refractivity contribution in [1.29, 1.82) is 0 Å². The van der Waals surface area contributed by atoms with Gasteiger partial charge in [0, 0.05) is 16.8 Å². The fourth-order valence-corrected chi connectivity index (χ4v) is 3.01. The van der Waals surface area contributed by atoms with E-state index < -0.39 is 0 Å². The molecule has 0 spiro atoms. The number of anilines is 1. The molecule has 4 rings (SSSR count). The van der Waals surface area contributed by atoms with Crippen LogP contribution in [0.2, 0.25) is 0 Å². The topological polar surface area (TPSA) is 71.0 Å². The minimum Gasteiger partial charge on any atom is -0.468 e. The molecule has 3 aromatic rings. The maximum Gasteiger partial charge on any atom is 0.293 e. The van der Waals surface area contributed by atoms with Crippen LogP contribution in [0.4, 0.5) is 11.4 Å². The molecule has 1 atom stereocenters. The number of amides is 1. The quantitative estimate of drug-likeness (QED) is 0.640. The number of carbonyl (C=O) groups excluding carboxylic acids is 2. The Morgan fingerprint density at radius 3 is 2.27 bits per heavy atom. The van der Waals surface area contributed by atoms with Gasteiger partial charge in [0.25, 0.3) is 12.4 Å². The molecule has 1 N–H and O–H groups in total. The number of nitrogens with zero attached hydrogens (tertiary/aromatic N) is 2. The summed E-state index contributed by atoms with van der Waals surface area (Å²) in [6.07, 6.45) is 1.46. The van der Waals surface area contributed by atoms with Gasteiger partial charge in [0.1, 0.15) is 6.17 Å². The fourth-order valence-electron chi connectivity index (χ4n) is 3.01. The predicted octanol–water partition coefficient (Wildman–Crippen LogP) is 4.47. The van der Waals surface area contributed by atoms with Crippen LogP contribution < -0.4 is 10.2 Å². The van der Waals surface area contributed by atoms with Crippen molar-refractivity contribution >= 4 is 30.1 Å². The highest BCUT2D eigenvalue weighted by Crippen LogP contribution is 2.34. The van der Waals surface area contributed by atoms with Crippen LogP contribution in [0.3, 0.4) is 0 Å². The van der Waals surface area contributed by atoms with Gasteiger partial charge in [0.15, 0.2) is 0 Å². The number of benzene rings is 3. The summed E-state index contributed by atoms with van der Waals surface area (Å²) < 4.78 is 4.15. The summed E-state index contributed by atoms with van der Waals surface area (Å²) in [5.74, 6) is -0.114. The third kappa shape index (κ3) is 5.11. The van der Waals surface area contributed by atoms with Crippen LogP contribution in [0.15, 0.2) is 89.9 Å². The molecule has 0 radical (unpaired) electrons. The van der Waals surface area contributed by atoms with Crippen molar-refractivity contribution in [2.24, 2.45) is 4.99 Å². The van der Waals surface area contributed by atoms with Crippen LogP contribution in [0, 0.1) is 0 Å². The normalized spacial score (nSPS) is 14.0. The van der Waals surface area contributed by atoms with E-state index in [2.05, 4.69) is 15.0 Å². The summed E-state index contributed by atoms with van der Waals surface area (Å²) in [4.78, 5) is 28.4. The van der Waals surface area contributed by atoms with E-state index in [0.717, 1.165) is 16.9 Å². The Morgan fingerprint density at radius 1 is 1.00 bits per heavy atom. The number of para-hydroxylation sites is 2. The Kier molecular flexibility index (Phi) is 7.33. The molecule has 0 aromatic heterocycles. The smallest absolute Gasteiger partial charge is 0.293 e. The average molecular weight is 401 g/mol. The molecule has 6 nitrogen and oxygen atoms in total. The number of hydrogen-bond donors (Lipinski definition) is 1. The van der Waals surface area contributed by atoms with Crippen molar-refractivity contribution in [1.82, 2.24) is 5.32 Å². The first kappa shape index (κ1) is 20.8. The molecule has 0 bridgehead atoms. The van der Waals surface area contributed by atoms with Crippen LogP contribution in [0.25, 0.3) is 0 Å². The lowest BCUT2D eigenvalue weighted by Crippen LogP contribution is -2.42. The van der Waals surface area contributed by atoms with Gasteiger partial charge >= 0.3 is 0 Å². The second-order valence-electron chi connectivity index (χ2n) is 6.34. The van der Waals surface area contributed by atoms with E-state index in [1.807, 2.05) is 89.8 Å². The number of carbonyl (C=O) groups is 2. The zero-order valence-electron chi connectivity index (χ0n) is 16.6. The zero-order chi connectivity index (χ0) is 21.2. The molecule has 3 aromatic carbocycles. The number of nitrogens with one attached hydrogen (secondary N) is 1. The van der Waals surface area contributed by atoms with Gasteiger partial charge in [-0.25, -0.2) is 4.99 Å². The van der Waals surface area contributed by atoms with Gasteiger partial charge in [-0.1, -0.05) is 54.6 Å². The predicted molar refractivity (Wildman–Crippen MR) is 118 cm³/mol. The van der Waals surface area contributed by atoms with E-state index in [-0.39, 0.29) is 12.1 Å². The van der Waals surface area contributed by atoms with Gasteiger partial charge in [0.05, 0.1) is 18.6 Å². The summed E-state index contributed by atoms with van der Waals surface area (Å²) >= 11 is 0. The van der Waals surface area contributed by atoms with Crippen molar-refractivity contribution in [2.75, 3.05) is 11.5 Å². The lowest BCUT2D eigenvalue weighted by Gasteiger charge is -2.34. The first-order valence-electron chi connectivity index (χ1n) is 9.62. The highest BCUT2D eigenvalue weighted by atomic mass is 16.5. The fraction of sp³-hybridized carbons (Fsp3) is 0.125. The molecule has 1 aliphatic heterocycles. The van der Waals surface area contributed by atoms with E-state index in [0.29, 0.717) is 18.6 Å². The molecule has 1 unspecified atom stereocenters. The number of rotatable bonds is 5. The van der Waals surface area contributed by atoms with E-state index in [4.69, 9.17) is 0 Å². The minimum atomic E-state index is -0.316. The third-order valence-electron chi connectivity index (χ3n) is 4.42. The molecule has 1 heterocycles. The Balaban J connectivity index is 0.000000461. The second-order valence-corrected chi connectivity index (χ2v) is 6.34. The van der Waals surface area contributed by atoms with Crippen LogP contribution in [0.5, 0.6) is 0 Å². The Morgan fingerprint density at radius 2 is 1.63 bits per heavy atom. The van der Waals surface area contributed by atoms with Gasteiger partial charge in [-0.2, -0.15) is 0 Å². The summed E-state index contributed by atoms with van der Waals surface area (Å²) in [6.45, 7) is 2.66. The average Bonchev–Trinajstić information content (AvgIpc) is 2.81. The Hall–Kier alpha value is -3.93. The van der Waals surface area contributed by atoms with E-state index in [9.17, 15) is 9.59 Å². The van der Waals surface area contributed by atoms with Gasteiger partial charge in [-0.15, -0.1) is 0 Å². The van der Waals surface area contributed by atoms with E-state index in [1.54, 1.807) is 13.3 Å². The Bertz CT molecular complexity index is 991. The number of fused-ring (bicyclic) bond motifs is 1. The van der Waals surface area contributed by atoms with Crippen LogP contribution in [-0.4, -0.2) is 25.3 Å². The van der Waals surface area contributed by atoms with Crippen LogP contribution in [-0.2, 0) is 9.53 Å². The first-order valence-corrected chi connectivity index (χ1v) is 9.62. The minimum absolute atomic E-state index is 0.114. The lowest BCUT2D eigenvalue weighted by molar-refractivity contribution is -0.128. The maximum absolute atomic E-state index is 12.7. The largest absolute Gasteiger partial charge is 0.468 e. The molecular weight excluding hydrogens is 378 g/mol. The maximum atomic E-state index is 12.7. The summed E-state index contributed by atoms with van der Waals surface area (Å²) in [6, 6.07) is 27.0. The van der Waals surface area contributed by atoms with Gasteiger partial charge in [-0.05, 0) is 37.3 Å². The molecule has 152 valence electrons. The zero-order valence-corrected chi connectivity index (χ0v) is 16.6. The standard InChI is InChI=1S/C21H17N3O.C3H6O2/c25-21(16-9-3-1-4-10-16)23-20-18-13-7-8-14-19(18)22-15-24(20)17-11-5-2-6-12-17;1-2-5-3-4/h1-15,20H,(H,23,25);3H,2H2,1H3. The molecule has 0 aliphatic carbocycles. The molecule has 1 aliphatic rings. The summed E-state index contributed by atoms with van der Waals surface area (Å²) in [7, 11) is 0. The van der Waals surface area contributed by atoms with Crippen LogP contribution in [0.1, 0.15) is 29.0 Å². The highest BCUT2D eigenvalue weighted by molar-refractivity contribution is 5.96. The SMILES string of the molecule is CCOC=O.O=C(NC1c2ccccc2N=CN1c1ccccc1)c1ccccc1. The Labute approximate surface area is 175 Å². The van der Waals surface area contributed by atoms with Gasteiger partial charge < -0.3 is 15.0 Å². The van der Waals surface area contributed by atoms with Crippen LogP contribution >= 0.6 is 0 Å². The van der Waals surface area contributed by atoms with Crippen molar-refractivity contribution < 1.29 is 14.3 Å². The van der Waals surface area contributed by atoms with Crippen molar-refractivity contribution in [3.05, 3.63) is 96.1 Å². The molecule has 0 saturated carbocycles. The molecular formula is C24H23N3O3. The van der Waals surface area contributed by atoms with Gasteiger partial charge in [0.2, 0.25) is 0 Å². The summed E-state index contributed by atoms with van der Waals surface area (Å²) in [5, 5.41) is 3.14. The molecule has 1 amide bonds. The van der Waals surface area contributed by atoms with E-state index in [1.165, 1.54) is 0 Å². The van der Waals surface area contributed by atoms with Crippen molar-refractivity contribution in [3.8, 4) is 0 Å². The third-order valence-corrected chi connectivity index (χ3v) is 4.42. The lowest BCUT2D eigenvalue weighted by atomic mass is 10.1. The highest BCUT2D eigenvalue weighted by Gasteiger charge is 2.27. The number of hydrogen-bond acceptors (Lipinski definition) is 5. The molecule has 6 heteroatoms. The molecule has 30 heavy (non-hydrogen) atoms. The van der Waals surface area contributed by atoms with Crippen molar-refractivity contribution in [2.45, 2.75) is 13.1 Å². The van der Waals surface area contributed by atoms with Gasteiger partial charge in [-0.3, -0.25) is 9.59 Å². The number of ether oxygens (including phenoxy) is 1. The van der Waals surface area contributed by atoms with E-state index >= 15 is 0 Å². The molecule has 0 saturated heterocycles. The second kappa shape index (κ2) is 10.6. The van der Waals surface area contributed by atoms with Crippen molar-refractivity contribution in [3.63, 3.8) is 0 Å².